The van der Waals surface area contributed by atoms with E-state index in [1.807, 2.05) is 57.8 Å². The van der Waals surface area contributed by atoms with Gasteiger partial charge in [-0.25, -0.2) is 9.38 Å². The van der Waals surface area contributed by atoms with Gasteiger partial charge in [0, 0.05) is 48.1 Å². The smallest absolute Gasteiger partial charge is 0.225 e. The number of fused-ring (bicyclic) bond motifs is 3. The van der Waals surface area contributed by atoms with E-state index in [0.717, 1.165) is 59.8 Å². The van der Waals surface area contributed by atoms with Crippen molar-refractivity contribution in [2.75, 3.05) is 31.1 Å². The molecule has 0 N–H and O–H groups in total. The fourth-order valence-electron chi connectivity index (χ4n) is 4.62. The Bertz CT molecular complexity index is 1310. The number of carbonyl (C=O) groups excluding carboxylic acids is 1. The highest BCUT2D eigenvalue weighted by molar-refractivity contribution is 6.31. The lowest BCUT2D eigenvalue weighted by Crippen LogP contribution is -2.51. The highest BCUT2D eigenvalue weighted by atomic mass is 35.5. The molecule has 8 heteroatoms. The summed E-state index contributed by atoms with van der Waals surface area (Å²) in [6, 6.07) is 15.7. The van der Waals surface area contributed by atoms with Crippen molar-refractivity contribution in [3.63, 3.8) is 0 Å². The van der Waals surface area contributed by atoms with E-state index in [2.05, 4.69) is 15.1 Å². The first-order valence-corrected chi connectivity index (χ1v) is 11.5. The maximum absolute atomic E-state index is 12.7. The summed E-state index contributed by atoms with van der Waals surface area (Å²) in [5, 5.41) is 10.6. The number of halogens is 1. The average molecular weight is 447 g/mol. The van der Waals surface area contributed by atoms with E-state index in [0.29, 0.717) is 24.0 Å². The molecule has 2 aromatic carbocycles. The molecule has 3 heterocycles. The minimum atomic E-state index is 0.233. The third-order valence-corrected chi connectivity index (χ3v) is 6.88. The molecule has 6 rings (SSSR count). The second kappa shape index (κ2) is 7.74. The monoisotopic (exact) mass is 446 g/mol. The first-order valence-electron chi connectivity index (χ1n) is 11.1. The summed E-state index contributed by atoms with van der Waals surface area (Å²) in [4.78, 5) is 21.9. The second-order valence-corrected chi connectivity index (χ2v) is 9.00. The first-order chi connectivity index (χ1) is 15.7. The number of carbonyl (C=O) groups is 1. The minimum Gasteiger partial charge on any atom is -0.339 e. The summed E-state index contributed by atoms with van der Waals surface area (Å²) < 4.78 is 2.04. The van der Waals surface area contributed by atoms with Crippen LogP contribution < -0.4 is 4.90 Å². The van der Waals surface area contributed by atoms with Gasteiger partial charge in [0.05, 0.1) is 5.52 Å². The predicted octanol–water partition coefficient (Wildman–Crippen LogP) is 4.05. The molecule has 1 saturated carbocycles. The Morgan fingerprint density at radius 3 is 2.47 bits per heavy atom. The molecule has 0 spiro atoms. The first kappa shape index (κ1) is 19.5. The molecule has 2 fully saturated rings. The number of rotatable bonds is 3. The van der Waals surface area contributed by atoms with Crippen LogP contribution in [0.5, 0.6) is 0 Å². The van der Waals surface area contributed by atoms with Crippen LogP contribution in [-0.4, -0.2) is 56.6 Å². The molecule has 2 aromatic heterocycles. The summed E-state index contributed by atoms with van der Waals surface area (Å²) in [5.74, 6) is 2.09. The number of nitrogens with zero attached hydrogens (tertiary/aromatic N) is 6. The average Bonchev–Trinajstić information content (AvgIpc) is 3.23. The number of aromatic nitrogens is 4. The van der Waals surface area contributed by atoms with Gasteiger partial charge in [0.25, 0.3) is 0 Å². The third-order valence-electron chi connectivity index (χ3n) is 6.64. The van der Waals surface area contributed by atoms with Crippen LogP contribution in [0.15, 0.2) is 48.5 Å². The summed E-state index contributed by atoms with van der Waals surface area (Å²) in [6.07, 6.45) is 3.25. The lowest BCUT2D eigenvalue weighted by Gasteiger charge is -2.38. The van der Waals surface area contributed by atoms with Crippen LogP contribution in [0.1, 0.15) is 19.3 Å². The highest BCUT2D eigenvalue weighted by Crippen LogP contribution is 2.31. The van der Waals surface area contributed by atoms with Crippen LogP contribution in [0.25, 0.3) is 27.9 Å². The lowest BCUT2D eigenvalue weighted by atomic mass is 9.84. The standard InChI is InChI=1S/C24H23ClN6O/c25-18-9-10-19-20(15-18)26-24(30-13-11-29(12-14-30)23(32)17-7-4-8-17)31-21(27-28-22(19)31)16-5-2-1-3-6-16/h1-3,5-6,9-10,15,17H,4,7-8,11-14H2. The van der Waals surface area contributed by atoms with Gasteiger partial charge in [-0.2, -0.15) is 0 Å². The van der Waals surface area contributed by atoms with Crippen LogP contribution in [0, 0.1) is 5.92 Å². The van der Waals surface area contributed by atoms with Crippen molar-refractivity contribution in [1.82, 2.24) is 24.5 Å². The molecule has 32 heavy (non-hydrogen) atoms. The summed E-state index contributed by atoms with van der Waals surface area (Å²) in [7, 11) is 0. The fraction of sp³-hybridized carbons (Fsp3) is 0.333. The van der Waals surface area contributed by atoms with Crippen molar-refractivity contribution in [2.45, 2.75) is 19.3 Å². The van der Waals surface area contributed by atoms with Crippen LogP contribution in [0.3, 0.4) is 0 Å². The Labute approximate surface area is 190 Å². The molecule has 4 aromatic rings. The van der Waals surface area contributed by atoms with Gasteiger partial charge in [0.2, 0.25) is 11.9 Å². The van der Waals surface area contributed by atoms with Crippen LogP contribution >= 0.6 is 11.6 Å². The van der Waals surface area contributed by atoms with Gasteiger partial charge in [-0.15, -0.1) is 10.2 Å². The van der Waals surface area contributed by atoms with Crippen LogP contribution in [0.4, 0.5) is 5.95 Å². The largest absolute Gasteiger partial charge is 0.339 e. The number of piperazine rings is 1. The fourth-order valence-corrected chi connectivity index (χ4v) is 4.79. The number of benzene rings is 2. The van der Waals surface area contributed by atoms with Gasteiger partial charge in [0.1, 0.15) is 0 Å². The van der Waals surface area contributed by atoms with Crippen molar-refractivity contribution in [1.29, 1.82) is 0 Å². The van der Waals surface area contributed by atoms with E-state index >= 15 is 0 Å². The Morgan fingerprint density at radius 1 is 0.969 bits per heavy atom. The molecule has 0 bridgehead atoms. The second-order valence-electron chi connectivity index (χ2n) is 8.56. The van der Waals surface area contributed by atoms with Crippen molar-refractivity contribution in [3.8, 4) is 11.4 Å². The lowest BCUT2D eigenvalue weighted by molar-refractivity contribution is -0.138. The molecular formula is C24H23ClN6O. The van der Waals surface area contributed by atoms with Crippen LogP contribution in [-0.2, 0) is 4.79 Å². The molecule has 1 amide bonds. The zero-order valence-electron chi connectivity index (χ0n) is 17.6. The number of amides is 1. The van der Waals surface area contributed by atoms with Crippen LogP contribution in [0.2, 0.25) is 5.02 Å². The number of anilines is 1. The molecule has 0 unspecified atom stereocenters. The maximum Gasteiger partial charge on any atom is 0.225 e. The third kappa shape index (κ3) is 3.19. The molecule has 162 valence electrons. The van der Waals surface area contributed by atoms with Crippen molar-refractivity contribution < 1.29 is 4.79 Å². The summed E-state index contributed by atoms with van der Waals surface area (Å²) in [5.41, 5.74) is 2.53. The maximum atomic E-state index is 12.7. The number of hydrogen-bond donors (Lipinski definition) is 0. The van der Waals surface area contributed by atoms with Gasteiger partial charge in [-0.3, -0.25) is 4.79 Å². The predicted molar refractivity (Wildman–Crippen MR) is 125 cm³/mol. The molecule has 0 atom stereocenters. The molecule has 1 aliphatic carbocycles. The van der Waals surface area contributed by atoms with E-state index in [4.69, 9.17) is 16.6 Å². The Hall–Kier alpha value is -3.19. The highest BCUT2D eigenvalue weighted by Gasteiger charge is 2.32. The van der Waals surface area contributed by atoms with E-state index in [1.54, 1.807) is 0 Å². The summed E-state index contributed by atoms with van der Waals surface area (Å²) in [6.45, 7) is 2.85. The molecule has 1 aliphatic heterocycles. The quantitative estimate of drug-likeness (QED) is 0.475. The van der Waals surface area contributed by atoms with Gasteiger partial charge in [0.15, 0.2) is 11.5 Å². The SMILES string of the molecule is O=C(C1CCC1)N1CCN(c2nc3cc(Cl)ccc3c3nnc(-c4ccccc4)n23)CC1. The van der Waals surface area contributed by atoms with Gasteiger partial charge in [-0.1, -0.05) is 48.4 Å². The van der Waals surface area contributed by atoms with Gasteiger partial charge >= 0.3 is 0 Å². The van der Waals surface area contributed by atoms with E-state index in [9.17, 15) is 4.79 Å². The van der Waals surface area contributed by atoms with Crippen molar-refractivity contribution in [3.05, 3.63) is 53.6 Å². The molecule has 1 saturated heterocycles. The molecule has 2 aliphatic rings. The minimum absolute atomic E-state index is 0.233. The molecular weight excluding hydrogens is 424 g/mol. The zero-order chi connectivity index (χ0) is 21.7. The zero-order valence-corrected chi connectivity index (χ0v) is 18.4. The van der Waals surface area contributed by atoms with E-state index < -0.39 is 0 Å². The van der Waals surface area contributed by atoms with Gasteiger partial charge < -0.3 is 9.80 Å². The Morgan fingerprint density at radius 2 is 1.75 bits per heavy atom. The topological polar surface area (TPSA) is 66.6 Å². The number of hydrogen-bond acceptors (Lipinski definition) is 5. The molecule has 7 nitrogen and oxygen atoms in total. The van der Waals surface area contributed by atoms with E-state index in [-0.39, 0.29) is 5.92 Å². The van der Waals surface area contributed by atoms with E-state index in [1.165, 1.54) is 6.42 Å². The van der Waals surface area contributed by atoms with Gasteiger partial charge in [-0.05, 0) is 31.0 Å². The Kier molecular flexibility index (Phi) is 4.72. The normalized spacial score (nSPS) is 17.2. The van der Waals surface area contributed by atoms with Crippen molar-refractivity contribution >= 4 is 40.0 Å². The summed E-state index contributed by atoms with van der Waals surface area (Å²) >= 11 is 6.27. The Balaban J connectivity index is 1.43. The van der Waals surface area contributed by atoms with Crippen molar-refractivity contribution in [2.24, 2.45) is 5.92 Å². The molecule has 0 radical (unpaired) electrons.